The minimum Gasteiger partial charge on any atom is -0.322 e. The summed E-state index contributed by atoms with van der Waals surface area (Å²) in [5.41, 5.74) is -1.27. The summed E-state index contributed by atoms with van der Waals surface area (Å²) in [5, 5.41) is 2.55. The summed E-state index contributed by atoms with van der Waals surface area (Å²) in [6, 6.07) is 10.9. The van der Waals surface area contributed by atoms with Crippen LogP contribution >= 0.6 is 0 Å². The van der Waals surface area contributed by atoms with Gasteiger partial charge in [0.05, 0.1) is 12.1 Å². The second kappa shape index (κ2) is 7.45. The Labute approximate surface area is 152 Å². The lowest BCUT2D eigenvalue weighted by Crippen LogP contribution is -2.29. The van der Waals surface area contributed by atoms with E-state index in [2.05, 4.69) is 10.3 Å². The zero-order chi connectivity index (χ0) is 19.4. The van der Waals surface area contributed by atoms with E-state index >= 15 is 0 Å². The minimum absolute atomic E-state index is 0.0567. The van der Waals surface area contributed by atoms with Crippen molar-refractivity contribution in [2.45, 2.75) is 12.7 Å². The summed E-state index contributed by atoms with van der Waals surface area (Å²) in [6.45, 7) is -0.301. The lowest BCUT2D eigenvalue weighted by atomic mass is 10.1. The second-order valence-corrected chi connectivity index (χ2v) is 5.70. The standard InChI is InChI=1S/C19H14F3N3O2/c20-19(21,22)16-6-2-1-4-13(16)12-25-11-3-5-15(18(25)27)17(26)24-14-7-9-23-10-8-14/h1-11H,12H2,(H,23,24,26). The van der Waals surface area contributed by atoms with Gasteiger partial charge in [-0.2, -0.15) is 13.2 Å². The van der Waals surface area contributed by atoms with E-state index in [9.17, 15) is 22.8 Å². The van der Waals surface area contributed by atoms with Gasteiger partial charge in [-0.1, -0.05) is 18.2 Å². The van der Waals surface area contributed by atoms with Crippen LogP contribution < -0.4 is 10.9 Å². The molecular weight excluding hydrogens is 359 g/mol. The van der Waals surface area contributed by atoms with Crippen LogP contribution in [-0.4, -0.2) is 15.5 Å². The van der Waals surface area contributed by atoms with Crippen LogP contribution in [0.3, 0.4) is 0 Å². The molecule has 0 saturated heterocycles. The molecule has 0 unspecified atom stereocenters. The summed E-state index contributed by atoms with van der Waals surface area (Å²) < 4.78 is 40.5. The molecule has 1 N–H and O–H groups in total. The SMILES string of the molecule is O=C(Nc1ccncc1)c1cccn(Cc2ccccc2C(F)(F)F)c1=O. The Morgan fingerprint density at radius 2 is 1.74 bits per heavy atom. The third-order valence-corrected chi connectivity index (χ3v) is 3.87. The maximum absolute atomic E-state index is 13.1. The summed E-state index contributed by atoms with van der Waals surface area (Å²) >= 11 is 0. The molecule has 0 spiro atoms. The number of benzene rings is 1. The van der Waals surface area contributed by atoms with Crippen LogP contribution in [0, 0.1) is 0 Å². The zero-order valence-corrected chi connectivity index (χ0v) is 13.9. The summed E-state index contributed by atoms with van der Waals surface area (Å²) in [6.07, 6.45) is -0.227. The van der Waals surface area contributed by atoms with Crippen LogP contribution in [-0.2, 0) is 12.7 Å². The van der Waals surface area contributed by atoms with Crippen molar-refractivity contribution in [1.82, 2.24) is 9.55 Å². The second-order valence-electron chi connectivity index (χ2n) is 5.70. The highest BCUT2D eigenvalue weighted by Gasteiger charge is 2.33. The molecule has 2 heterocycles. The number of anilines is 1. The number of halogens is 3. The molecule has 3 aromatic rings. The van der Waals surface area contributed by atoms with Crippen molar-refractivity contribution in [3.63, 3.8) is 0 Å². The highest BCUT2D eigenvalue weighted by molar-refractivity contribution is 6.03. The van der Waals surface area contributed by atoms with E-state index in [0.29, 0.717) is 5.69 Å². The molecule has 8 heteroatoms. The fraction of sp³-hybridized carbons (Fsp3) is 0.105. The fourth-order valence-electron chi connectivity index (χ4n) is 2.59. The maximum Gasteiger partial charge on any atom is 0.416 e. The average molecular weight is 373 g/mol. The first-order chi connectivity index (χ1) is 12.9. The molecule has 1 amide bonds. The van der Waals surface area contributed by atoms with E-state index in [1.807, 2.05) is 0 Å². The van der Waals surface area contributed by atoms with Crippen molar-refractivity contribution in [2.75, 3.05) is 5.32 Å². The molecule has 0 aliphatic rings. The largest absolute Gasteiger partial charge is 0.416 e. The van der Waals surface area contributed by atoms with Gasteiger partial charge in [0.25, 0.3) is 11.5 Å². The van der Waals surface area contributed by atoms with Crippen LogP contribution in [0.4, 0.5) is 18.9 Å². The molecular formula is C19H14F3N3O2. The van der Waals surface area contributed by atoms with Gasteiger partial charge in [-0.15, -0.1) is 0 Å². The topological polar surface area (TPSA) is 64.0 Å². The van der Waals surface area contributed by atoms with Gasteiger partial charge in [0.2, 0.25) is 0 Å². The van der Waals surface area contributed by atoms with Crippen molar-refractivity contribution in [3.8, 4) is 0 Å². The van der Waals surface area contributed by atoms with Crippen LogP contribution in [0.15, 0.2) is 71.9 Å². The Balaban J connectivity index is 1.91. The first-order valence-electron chi connectivity index (χ1n) is 7.92. The Morgan fingerprint density at radius 3 is 2.44 bits per heavy atom. The molecule has 0 aliphatic heterocycles. The smallest absolute Gasteiger partial charge is 0.322 e. The van der Waals surface area contributed by atoms with Gasteiger partial charge in [0.15, 0.2) is 0 Å². The highest BCUT2D eigenvalue weighted by atomic mass is 19.4. The lowest BCUT2D eigenvalue weighted by Gasteiger charge is -2.14. The third-order valence-electron chi connectivity index (χ3n) is 3.87. The first-order valence-corrected chi connectivity index (χ1v) is 7.92. The van der Waals surface area contributed by atoms with Crippen molar-refractivity contribution in [2.24, 2.45) is 0 Å². The number of amides is 1. The van der Waals surface area contributed by atoms with Gasteiger partial charge < -0.3 is 9.88 Å². The van der Waals surface area contributed by atoms with Crippen molar-refractivity contribution < 1.29 is 18.0 Å². The molecule has 5 nitrogen and oxygen atoms in total. The minimum atomic E-state index is -4.53. The average Bonchev–Trinajstić information content (AvgIpc) is 2.64. The number of aromatic nitrogens is 2. The van der Waals surface area contributed by atoms with E-state index in [1.54, 1.807) is 12.1 Å². The van der Waals surface area contributed by atoms with Crippen LogP contribution in [0.2, 0.25) is 0 Å². The number of pyridine rings is 2. The van der Waals surface area contributed by atoms with E-state index in [4.69, 9.17) is 0 Å². The van der Waals surface area contributed by atoms with Crippen LogP contribution in [0.1, 0.15) is 21.5 Å². The Bertz CT molecular complexity index is 1010. The molecule has 0 saturated carbocycles. The first kappa shape index (κ1) is 18.4. The van der Waals surface area contributed by atoms with Crippen LogP contribution in [0.5, 0.6) is 0 Å². The predicted molar refractivity (Wildman–Crippen MR) is 93.4 cm³/mol. The maximum atomic E-state index is 13.1. The monoisotopic (exact) mass is 373 g/mol. The molecule has 1 aromatic carbocycles. The Hall–Kier alpha value is -3.42. The number of alkyl halides is 3. The zero-order valence-electron chi connectivity index (χ0n) is 13.9. The van der Waals surface area contributed by atoms with Crippen LogP contribution in [0.25, 0.3) is 0 Å². The molecule has 138 valence electrons. The van der Waals surface area contributed by atoms with Gasteiger partial charge in [0, 0.05) is 24.3 Å². The number of carbonyl (C=O) groups is 1. The van der Waals surface area contributed by atoms with Gasteiger partial charge in [-0.3, -0.25) is 14.6 Å². The van der Waals surface area contributed by atoms with Gasteiger partial charge in [-0.25, -0.2) is 0 Å². The quantitative estimate of drug-likeness (QED) is 0.761. The normalized spacial score (nSPS) is 11.2. The molecule has 27 heavy (non-hydrogen) atoms. The molecule has 0 aliphatic carbocycles. The number of carbonyl (C=O) groups excluding carboxylic acids is 1. The van der Waals surface area contributed by atoms with Gasteiger partial charge in [-0.05, 0) is 35.9 Å². The molecule has 0 atom stereocenters. The third kappa shape index (κ3) is 4.22. The number of nitrogens with one attached hydrogen (secondary N) is 1. The van der Waals surface area contributed by atoms with E-state index in [0.717, 1.165) is 10.6 Å². The van der Waals surface area contributed by atoms with Crippen molar-refractivity contribution in [3.05, 3.63) is 94.2 Å². The van der Waals surface area contributed by atoms with E-state index < -0.39 is 23.2 Å². The molecule has 2 aromatic heterocycles. The number of nitrogens with zero attached hydrogens (tertiary/aromatic N) is 2. The highest BCUT2D eigenvalue weighted by Crippen LogP contribution is 2.32. The summed E-state index contributed by atoms with van der Waals surface area (Å²) in [4.78, 5) is 28.7. The molecule has 0 bridgehead atoms. The predicted octanol–water partition coefficient (Wildman–Crippen LogP) is 3.56. The molecule has 3 rings (SSSR count). The lowest BCUT2D eigenvalue weighted by molar-refractivity contribution is -0.138. The Morgan fingerprint density at radius 1 is 1.04 bits per heavy atom. The number of hydrogen-bond acceptors (Lipinski definition) is 3. The number of rotatable bonds is 4. The van der Waals surface area contributed by atoms with E-state index in [-0.39, 0.29) is 17.7 Å². The Kier molecular flexibility index (Phi) is 5.07. The number of hydrogen-bond donors (Lipinski definition) is 1. The summed E-state index contributed by atoms with van der Waals surface area (Å²) in [5.74, 6) is -0.648. The van der Waals surface area contributed by atoms with E-state index in [1.165, 1.54) is 48.9 Å². The van der Waals surface area contributed by atoms with Crippen molar-refractivity contribution >= 4 is 11.6 Å². The van der Waals surface area contributed by atoms with Crippen molar-refractivity contribution in [1.29, 1.82) is 0 Å². The fourth-order valence-corrected chi connectivity index (χ4v) is 2.59. The summed E-state index contributed by atoms with van der Waals surface area (Å²) in [7, 11) is 0. The van der Waals surface area contributed by atoms with Gasteiger partial charge >= 0.3 is 6.18 Å². The molecule has 0 fully saturated rings. The van der Waals surface area contributed by atoms with Gasteiger partial charge in [0.1, 0.15) is 5.56 Å². The molecule has 0 radical (unpaired) electrons.